The van der Waals surface area contributed by atoms with Crippen LogP contribution in [0.2, 0.25) is 0 Å². The van der Waals surface area contributed by atoms with Crippen molar-refractivity contribution < 1.29 is 24.2 Å². The van der Waals surface area contributed by atoms with Gasteiger partial charge in [-0.05, 0) is 49.1 Å². The van der Waals surface area contributed by atoms with E-state index in [1.54, 1.807) is 24.3 Å². The summed E-state index contributed by atoms with van der Waals surface area (Å²) >= 11 is 0. The molecule has 3 amide bonds. The van der Waals surface area contributed by atoms with Gasteiger partial charge in [-0.1, -0.05) is 53.2 Å². The SMILES string of the molecule is CCCCNC(=O)C(CC(O)C(N)CC(CNC(=O)c1ccccc1OCCNC(C)=O)C(C)C)C(C)C. The Morgan fingerprint density at radius 1 is 0.974 bits per heavy atom. The van der Waals surface area contributed by atoms with Crippen molar-refractivity contribution in [2.24, 2.45) is 29.4 Å². The predicted octanol–water partition coefficient (Wildman–Crippen LogP) is 2.86. The van der Waals surface area contributed by atoms with Crippen molar-refractivity contribution in [3.05, 3.63) is 29.8 Å². The average Bonchev–Trinajstić information content (AvgIpc) is 2.86. The molecule has 4 atom stereocenters. The molecule has 0 saturated heterocycles. The highest BCUT2D eigenvalue weighted by Gasteiger charge is 2.29. The molecule has 0 aliphatic heterocycles. The summed E-state index contributed by atoms with van der Waals surface area (Å²) in [6.07, 6.45) is 1.92. The number of carbonyl (C=O) groups excluding carboxylic acids is 3. The van der Waals surface area contributed by atoms with Crippen LogP contribution in [0.3, 0.4) is 0 Å². The third-order valence-corrected chi connectivity index (χ3v) is 6.87. The van der Waals surface area contributed by atoms with Gasteiger partial charge in [0.05, 0.1) is 18.2 Å². The second kappa shape index (κ2) is 17.8. The first kappa shape index (κ1) is 33.4. The number of unbranched alkanes of at least 4 members (excludes halogenated alkanes) is 1. The number of para-hydroxylation sites is 1. The lowest BCUT2D eigenvalue weighted by Gasteiger charge is -2.30. The fourth-order valence-corrected chi connectivity index (χ4v) is 4.22. The summed E-state index contributed by atoms with van der Waals surface area (Å²) in [6, 6.07) is 6.45. The first-order valence-corrected chi connectivity index (χ1v) is 13.9. The number of ether oxygens (including phenoxy) is 1. The maximum absolute atomic E-state index is 13.0. The van der Waals surface area contributed by atoms with Crippen molar-refractivity contribution in [2.75, 3.05) is 26.2 Å². The third-order valence-electron chi connectivity index (χ3n) is 6.87. The molecule has 9 nitrogen and oxygen atoms in total. The Morgan fingerprint density at radius 3 is 2.26 bits per heavy atom. The van der Waals surface area contributed by atoms with E-state index >= 15 is 0 Å². The number of hydrogen-bond donors (Lipinski definition) is 5. The van der Waals surface area contributed by atoms with E-state index in [-0.39, 0.29) is 48.0 Å². The minimum absolute atomic E-state index is 0.0346. The fraction of sp³-hybridized carbons (Fsp3) is 0.690. The van der Waals surface area contributed by atoms with E-state index in [1.807, 2.05) is 13.8 Å². The van der Waals surface area contributed by atoms with E-state index in [0.717, 1.165) is 12.8 Å². The van der Waals surface area contributed by atoms with Gasteiger partial charge >= 0.3 is 0 Å². The van der Waals surface area contributed by atoms with Crippen molar-refractivity contribution in [1.82, 2.24) is 16.0 Å². The zero-order valence-electron chi connectivity index (χ0n) is 24.1. The number of nitrogens with one attached hydrogen (secondary N) is 3. The van der Waals surface area contributed by atoms with E-state index in [4.69, 9.17) is 10.5 Å². The zero-order valence-corrected chi connectivity index (χ0v) is 24.1. The molecule has 0 fully saturated rings. The summed E-state index contributed by atoms with van der Waals surface area (Å²) in [6.45, 7) is 13.2. The normalized spacial score (nSPS) is 14.5. The van der Waals surface area contributed by atoms with Gasteiger partial charge in [-0.3, -0.25) is 14.4 Å². The maximum Gasteiger partial charge on any atom is 0.255 e. The van der Waals surface area contributed by atoms with Crippen LogP contribution in [0.1, 0.15) is 77.6 Å². The fourth-order valence-electron chi connectivity index (χ4n) is 4.22. The van der Waals surface area contributed by atoms with Crippen LogP contribution in [-0.2, 0) is 9.59 Å². The van der Waals surface area contributed by atoms with Gasteiger partial charge in [0.1, 0.15) is 12.4 Å². The highest BCUT2D eigenvalue weighted by Crippen LogP contribution is 2.24. The van der Waals surface area contributed by atoms with Crippen LogP contribution in [0.15, 0.2) is 24.3 Å². The van der Waals surface area contributed by atoms with Gasteiger partial charge in [-0.15, -0.1) is 0 Å². The highest BCUT2D eigenvalue weighted by molar-refractivity contribution is 5.96. The summed E-state index contributed by atoms with van der Waals surface area (Å²) < 4.78 is 5.70. The van der Waals surface area contributed by atoms with E-state index in [9.17, 15) is 19.5 Å². The van der Waals surface area contributed by atoms with Gasteiger partial charge in [-0.2, -0.15) is 0 Å². The minimum Gasteiger partial charge on any atom is -0.491 e. The summed E-state index contributed by atoms with van der Waals surface area (Å²) in [5.41, 5.74) is 6.83. The minimum atomic E-state index is -0.825. The van der Waals surface area contributed by atoms with Crippen LogP contribution in [0.4, 0.5) is 0 Å². The predicted molar refractivity (Wildman–Crippen MR) is 151 cm³/mol. The van der Waals surface area contributed by atoms with Crippen LogP contribution in [0.25, 0.3) is 0 Å². The quantitative estimate of drug-likeness (QED) is 0.183. The van der Waals surface area contributed by atoms with Gasteiger partial charge in [0.15, 0.2) is 0 Å². The Kier molecular flexibility index (Phi) is 15.6. The number of carbonyl (C=O) groups is 3. The van der Waals surface area contributed by atoms with Gasteiger partial charge in [-0.25, -0.2) is 0 Å². The Hall–Kier alpha value is -2.65. The van der Waals surface area contributed by atoms with E-state index in [1.165, 1.54) is 6.92 Å². The lowest BCUT2D eigenvalue weighted by molar-refractivity contribution is -0.127. The van der Waals surface area contributed by atoms with Crippen LogP contribution >= 0.6 is 0 Å². The molecule has 0 aliphatic carbocycles. The van der Waals surface area contributed by atoms with Gasteiger partial charge in [0.2, 0.25) is 11.8 Å². The van der Waals surface area contributed by atoms with Crippen LogP contribution < -0.4 is 26.4 Å². The van der Waals surface area contributed by atoms with Gasteiger partial charge < -0.3 is 31.5 Å². The first-order valence-electron chi connectivity index (χ1n) is 13.9. The Labute approximate surface area is 228 Å². The topological polar surface area (TPSA) is 143 Å². The Bertz CT molecular complexity index is 861. The van der Waals surface area contributed by atoms with Crippen molar-refractivity contribution in [1.29, 1.82) is 0 Å². The molecule has 0 aromatic heterocycles. The molecule has 0 bridgehead atoms. The molecular weight excluding hydrogens is 484 g/mol. The number of aliphatic hydroxyl groups excluding tert-OH is 1. The molecule has 38 heavy (non-hydrogen) atoms. The Balaban J connectivity index is 2.72. The van der Waals surface area contributed by atoms with Crippen molar-refractivity contribution in [2.45, 2.75) is 79.4 Å². The maximum atomic E-state index is 13.0. The molecule has 0 heterocycles. The van der Waals surface area contributed by atoms with Crippen LogP contribution in [0, 0.1) is 23.7 Å². The number of rotatable bonds is 18. The lowest BCUT2D eigenvalue weighted by Crippen LogP contribution is -2.44. The summed E-state index contributed by atoms with van der Waals surface area (Å²) in [4.78, 5) is 36.7. The lowest BCUT2D eigenvalue weighted by atomic mass is 9.83. The smallest absolute Gasteiger partial charge is 0.255 e. The number of aliphatic hydroxyl groups is 1. The van der Waals surface area contributed by atoms with Gasteiger partial charge in [0.25, 0.3) is 5.91 Å². The molecule has 1 aromatic rings. The molecule has 4 unspecified atom stereocenters. The van der Waals surface area contributed by atoms with Crippen LogP contribution in [-0.4, -0.2) is 61.2 Å². The van der Waals surface area contributed by atoms with Crippen molar-refractivity contribution in [3.8, 4) is 5.75 Å². The molecule has 6 N–H and O–H groups in total. The zero-order chi connectivity index (χ0) is 28.7. The molecule has 0 radical (unpaired) electrons. The highest BCUT2D eigenvalue weighted by atomic mass is 16.5. The van der Waals surface area contributed by atoms with Crippen molar-refractivity contribution in [3.63, 3.8) is 0 Å². The molecule has 1 aromatic carbocycles. The third kappa shape index (κ3) is 12.3. The first-order chi connectivity index (χ1) is 18.0. The molecular formula is C29H50N4O5. The molecule has 0 aliphatic rings. The summed E-state index contributed by atoms with van der Waals surface area (Å²) in [7, 11) is 0. The molecule has 0 saturated carbocycles. The second-order valence-electron chi connectivity index (χ2n) is 10.7. The number of amides is 3. The summed E-state index contributed by atoms with van der Waals surface area (Å²) in [5, 5.41) is 19.5. The molecule has 1 rings (SSSR count). The average molecular weight is 535 g/mol. The van der Waals surface area contributed by atoms with E-state index in [2.05, 4.69) is 36.7 Å². The standard InChI is InChI=1S/C29H50N4O5/c1-7-8-13-32-29(37)24(20(4)5)17-26(35)25(30)16-22(19(2)3)18-33-28(36)23-11-9-10-12-27(23)38-15-14-31-21(6)34/h9-12,19-20,22,24-26,35H,7-8,13-18,30H2,1-6H3,(H,31,34)(H,32,37)(H,33,36). The number of hydrogen-bond acceptors (Lipinski definition) is 6. The molecule has 216 valence electrons. The van der Waals surface area contributed by atoms with Crippen LogP contribution in [0.5, 0.6) is 5.75 Å². The largest absolute Gasteiger partial charge is 0.491 e. The van der Waals surface area contributed by atoms with Gasteiger partial charge in [0, 0.05) is 32.0 Å². The van der Waals surface area contributed by atoms with E-state index in [0.29, 0.717) is 43.8 Å². The summed E-state index contributed by atoms with van der Waals surface area (Å²) in [5.74, 6) is 0.0294. The number of nitrogens with two attached hydrogens (primary N) is 1. The number of benzene rings is 1. The molecule has 9 heteroatoms. The monoisotopic (exact) mass is 534 g/mol. The second-order valence-corrected chi connectivity index (χ2v) is 10.7. The van der Waals surface area contributed by atoms with Crippen molar-refractivity contribution >= 4 is 17.7 Å². The molecule has 0 spiro atoms. The van der Waals surface area contributed by atoms with E-state index < -0.39 is 12.1 Å². The Morgan fingerprint density at radius 2 is 1.66 bits per heavy atom.